The minimum atomic E-state index is -5.22. The van der Waals surface area contributed by atoms with E-state index >= 15 is 0 Å². The highest BCUT2D eigenvalue weighted by atomic mass is 19.4. The van der Waals surface area contributed by atoms with Gasteiger partial charge in [0.1, 0.15) is 0 Å². The number of hydrogen-bond donors (Lipinski definition) is 3. The van der Waals surface area contributed by atoms with Gasteiger partial charge < -0.3 is 20.8 Å². The number of alkyl halides is 3. The Kier molecular flexibility index (Phi) is 3.73. The summed E-state index contributed by atoms with van der Waals surface area (Å²) in [5.74, 6) is -4.27. The summed E-state index contributed by atoms with van der Waals surface area (Å²) in [5.41, 5.74) is 5.80. The molecule has 1 aliphatic rings. The summed E-state index contributed by atoms with van der Waals surface area (Å²) in [7, 11) is 1.47. The third-order valence-corrected chi connectivity index (χ3v) is 3.61. The SMILES string of the molecule is CN1C(=O)C(N)CCc2cc(C(O)(O)C(F)(F)F)ccc21. The molecule has 1 heterocycles. The van der Waals surface area contributed by atoms with Gasteiger partial charge in [-0.15, -0.1) is 0 Å². The lowest BCUT2D eigenvalue weighted by Crippen LogP contribution is -2.42. The highest BCUT2D eigenvalue weighted by Crippen LogP contribution is 2.38. The van der Waals surface area contributed by atoms with E-state index in [1.807, 2.05) is 0 Å². The molecule has 4 N–H and O–H groups in total. The minimum Gasteiger partial charge on any atom is -0.355 e. The van der Waals surface area contributed by atoms with Gasteiger partial charge >= 0.3 is 6.18 Å². The lowest BCUT2D eigenvalue weighted by molar-refractivity contribution is -0.358. The molecule has 0 spiro atoms. The van der Waals surface area contributed by atoms with Gasteiger partial charge in [0.2, 0.25) is 5.91 Å². The number of fused-ring (bicyclic) bond motifs is 1. The van der Waals surface area contributed by atoms with Crippen LogP contribution >= 0.6 is 0 Å². The molecule has 1 unspecified atom stereocenters. The van der Waals surface area contributed by atoms with Gasteiger partial charge in [0.05, 0.1) is 6.04 Å². The van der Waals surface area contributed by atoms with Gasteiger partial charge in [-0.2, -0.15) is 13.2 Å². The molecule has 1 aliphatic heterocycles. The molecular weight excluding hydrogens is 289 g/mol. The summed E-state index contributed by atoms with van der Waals surface area (Å²) >= 11 is 0. The summed E-state index contributed by atoms with van der Waals surface area (Å²) in [5, 5.41) is 18.6. The molecule has 1 atom stereocenters. The Bertz CT molecular complexity index is 572. The molecule has 2 rings (SSSR count). The van der Waals surface area contributed by atoms with Crippen molar-refractivity contribution in [3.63, 3.8) is 0 Å². The highest BCUT2D eigenvalue weighted by Gasteiger charge is 2.54. The molecule has 1 aromatic carbocycles. The molecule has 5 nitrogen and oxygen atoms in total. The zero-order valence-electron chi connectivity index (χ0n) is 11.2. The first-order valence-corrected chi connectivity index (χ1v) is 6.23. The van der Waals surface area contributed by atoms with E-state index in [-0.39, 0.29) is 18.7 Å². The lowest BCUT2D eigenvalue weighted by atomic mass is 9.98. The number of nitrogens with two attached hydrogens (primary N) is 1. The van der Waals surface area contributed by atoms with Crippen molar-refractivity contribution in [2.24, 2.45) is 5.73 Å². The van der Waals surface area contributed by atoms with Gasteiger partial charge in [0.15, 0.2) is 0 Å². The molecule has 0 aromatic heterocycles. The Morgan fingerprint density at radius 3 is 2.52 bits per heavy atom. The number of anilines is 1. The maximum Gasteiger partial charge on any atom is 0.447 e. The maximum absolute atomic E-state index is 12.6. The van der Waals surface area contributed by atoms with E-state index in [1.165, 1.54) is 18.0 Å². The second kappa shape index (κ2) is 4.97. The molecule has 8 heteroatoms. The number of carbonyl (C=O) groups is 1. The van der Waals surface area contributed by atoms with E-state index < -0.39 is 23.6 Å². The first-order chi connectivity index (χ1) is 9.55. The quantitative estimate of drug-likeness (QED) is 0.664. The van der Waals surface area contributed by atoms with Gasteiger partial charge in [0, 0.05) is 18.3 Å². The number of nitrogens with zero attached hydrogens (tertiary/aromatic N) is 1. The zero-order valence-corrected chi connectivity index (χ0v) is 11.2. The van der Waals surface area contributed by atoms with Crippen molar-refractivity contribution >= 4 is 11.6 Å². The van der Waals surface area contributed by atoms with Gasteiger partial charge in [-0.25, -0.2) is 0 Å². The van der Waals surface area contributed by atoms with Crippen LogP contribution in [0.3, 0.4) is 0 Å². The van der Waals surface area contributed by atoms with Crippen molar-refractivity contribution < 1.29 is 28.2 Å². The topological polar surface area (TPSA) is 86.8 Å². The van der Waals surface area contributed by atoms with Crippen molar-refractivity contribution in [2.45, 2.75) is 30.8 Å². The van der Waals surface area contributed by atoms with E-state index in [0.29, 0.717) is 11.3 Å². The van der Waals surface area contributed by atoms with Crippen molar-refractivity contribution in [3.8, 4) is 0 Å². The number of aryl methyl sites for hydroxylation is 1. The second-order valence-corrected chi connectivity index (χ2v) is 5.06. The molecule has 0 radical (unpaired) electrons. The third-order valence-electron chi connectivity index (χ3n) is 3.61. The molecule has 0 saturated heterocycles. The molecule has 1 amide bonds. The van der Waals surface area contributed by atoms with Crippen LogP contribution in [-0.4, -0.2) is 35.4 Å². The predicted molar refractivity (Wildman–Crippen MR) is 68.3 cm³/mol. The summed E-state index contributed by atoms with van der Waals surface area (Å²) in [6, 6.07) is 2.51. The van der Waals surface area contributed by atoms with Crippen LogP contribution in [0, 0.1) is 0 Å². The molecule has 0 bridgehead atoms. The first-order valence-electron chi connectivity index (χ1n) is 6.23. The molecule has 116 valence electrons. The summed E-state index contributed by atoms with van der Waals surface area (Å²) in [6.45, 7) is 0. The van der Waals surface area contributed by atoms with Crippen molar-refractivity contribution in [1.82, 2.24) is 0 Å². The van der Waals surface area contributed by atoms with E-state index in [1.54, 1.807) is 0 Å². The first kappa shape index (κ1) is 15.7. The Balaban J connectivity index is 2.48. The molecule has 0 saturated carbocycles. The molecule has 0 fully saturated rings. The summed E-state index contributed by atoms with van der Waals surface area (Å²) in [4.78, 5) is 13.1. The summed E-state index contributed by atoms with van der Waals surface area (Å²) in [6.07, 6.45) is -4.67. The Morgan fingerprint density at radius 2 is 1.95 bits per heavy atom. The summed E-state index contributed by atoms with van der Waals surface area (Å²) < 4.78 is 37.9. The highest BCUT2D eigenvalue weighted by molar-refractivity contribution is 5.98. The van der Waals surface area contributed by atoms with Crippen LogP contribution in [0.4, 0.5) is 18.9 Å². The normalized spacial score (nSPS) is 20.2. The number of rotatable bonds is 1. The number of benzene rings is 1. The van der Waals surface area contributed by atoms with Crippen LogP contribution < -0.4 is 10.6 Å². The fourth-order valence-corrected chi connectivity index (χ4v) is 2.30. The van der Waals surface area contributed by atoms with Crippen LogP contribution in [0.15, 0.2) is 18.2 Å². The molecule has 21 heavy (non-hydrogen) atoms. The van der Waals surface area contributed by atoms with Crippen molar-refractivity contribution in [1.29, 1.82) is 0 Å². The third kappa shape index (κ3) is 2.61. The molecule has 1 aromatic rings. The van der Waals surface area contributed by atoms with Crippen LogP contribution in [0.25, 0.3) is 0 Å². The Labute approximate surface area is 118 Å². The van der Waals surface area contributed by atoms with Gasteiger partial charge in [-0.05, 0) is 30.5 Å². The minimum absolute atomic E-state index is 0.272. The fraction of sp³-hybridized carbons (Fsp3) is 0.462. The van der Waals surface area contributed by atoms with Crippen LogP contribution in [0.1, 0.15) is 17.5 Å². The lowest BCUT2D eigenvalue weighted by Gasteiger charge is -2.26. The van der Waals surface area contributed by atoms with Crippen molar-refractivity contribution in [3.05, 3.63) is 29.3 Å². The number of amides is 1. The van der Waals surface area contributed by atoms with E-state index in [4.69, 9.17) is 5.73 Å². The van der Waals surface area contributed by atoms with Crippen LogP contribution in [0.5, 0.6) is 0 Å². The number of halogens is 3. The zero-order chi connectivity index (χ0) is 16.0. The molecular formula is C13H15F3N2O3. The largest absolute Gasteiger partial charge is 0.447 e. The monoisotopic (exact) mass is 304 g/mol. The molecule has 0 aliphatic carbocycles. The van der Waals surface area contributed by atoms with Crippen LogP contribution in [0.2, 0.25) is 0 Å². The average molecular weight is 304 g/mol. The number of carbonyl (C=O) groups excluding carboxylic acids is 1. The number of likely N-dealkylation sites (N-methyl/N-ethyl adjacent to an activating group) is 1. The fourth-order valence-electron chi connectivity index (χ4n) is 2.30. The van der Waals surface area contributed by atoms with E-state index in [2.05, 4.69) is 0 Å². The van der Waals surface area contributed by atoms with E-state index in [9.17, 15) is 28.2 Å². The van der Waals surface area contributed by atoms with Crippen LogP contribution in [-0.2, 0) is 17.0 Å². The van der Waals surface area contributed by atoms with Crippen molar-refractivity contribution in [2.75, 3.05) is 11.9 Å². The second-order valence-electron chi connectivity index (χ2n) is 5.06. The van der Waals surface area contributed by atoms with Gasteiger partial charge in [0.25, 0.3) is 5.79 Å². The Morgan fingerprint density at radius 1 is 1.33 bits per heavy atom. The maximum atomic E-state index is 12.6. The van der Waals surface area contributed by atoms with Gasteiger partial charge in [-0.3, -0.25) is 4.79 Å². The smallest absolute Gasteiger partial charge is 0.355 e. The number of hydrogen-bond acceptors (Lipinski definition) is 4. The predicted octanol–water partition coefficient (Wildman–Crippen LogP) is 0.623. The average Bonchev–Trinajstić information content (AvgIpc) is 2.50. The van der Waals surface area contributed by atoms with E-state index in [0.717, 1.165) is 12.1 Å². The standard InChI is InChI=1S/C13H15F3N2O3/c1-18-10-5-3-8(12(20,21)13(14,15)16)6-7(10)2-4-9(17)11(18)19/h3,5-6,9,20-21H,2,4,17H2,1H3. The van der Waals surface area contributed by atoms with Gasteiger partial charge in [-0.1, -0.05) is 6.07 Å². The Hall–Kier alpha value is -1.64. The number of aliphatic hydroxyl groups is 2.